The Morgan fingerprint density at radius 1 is 1.07 bits per heavy atom. The minimum Gasteiger partial charge on any atom is -0.309 e. The lowest BCUT2D eigenvalue weighted by Crippen LogP contribution is -2.30. The Kier molecular flexibility index (Phi) is 4.86. The van der Waals surface area contributed by atoms with Gasteiger partial charge in [-0.3, -0.25) is 9.36 Å². The maximum atomic E-state index is 12.5. The quantitative estimate of drug-likeness (QED) is 0.744. The van der Waals surface area contributed by atoms with Gasteiger partial charge in [0.05, 0.1) is 12.7 Å². The Balaban J connectivity index is 1.45. The molecule has 140 valence electrons. The molecule has 0 saturated carbocycles. The lowest BCUT2D eigenvalue weighted by atomic mass is 10.2. The molecule has 0 radical (unpaired) electrons. The van der Waals surface area contributed by atoms with Crippen LogP contribution in [0.5, 0.6) is 0 Å². The third kappa shape index (κ3) is 3.84. The highest BCUT2D eigenvalue weighted by Crippen LogP contribution is 2.12. The third-order valence-corrected chi connectivity index (χ3v) is 4.73. The first kappa shape index (κ1) is 17.3. The smallest absolute Gasteiger partial charge is 0.309 e. The Morgan fingerprint density at radius 2 is 1.93 bits per heavy atom. The van der Waals surface area contributed by atoms with Crippen molar-refractivity contribution in [1.29, 1.82) is 0 Å². The van der Waals surface area contributed by atoms with Crippen molar-refractivity contribution >= 4 is 11.7 Å². The largest absolute Gasteiger partial charge is 0.346 e. The van der Waals surface area contributed by atoms with E-state index in [0.29, 0.717) is 18.9 Å². The molecular formula is C19H22N6O2. The van der Waals surface area contributed by atoms with Crippen molar-refractivity contribution in [2.24, 2.45) is 0 Å². The summed E-state index contributed by atoms with van der Waals surface area (Å²) in [6, 6.07) is 11.6. The summed E-state index contributed by atoms with van der Waals surface area (Å²) in [7, 11) is 0. The predicted octanol–water partition coefficient (Wildman–Crippen LogP) is 1.65. The zero-order valence-electron chi connectivity index (χ0n) is 15.0. The molecule has 3 heterocycles. The number of nitrogens with zero attached hydrogens (tertiary/aromatic N) is 5. The second-order valence-electron chi connectivity index (χ2n) is 6.73. The lowest BCUT2D eigenvalue weighted by molar-refractivity contribution is -0.117. The zero-order valence-corrected chi connectivity index (χ0v) is 15.0. The van der Waals surface area contributed by atoms with E-state index in [0.717, 1.165) is 37.1 Å². The molecule has 1 aliphatic rings. The summed E-state index contributed by atoms with van der Waals surface area (Å²) in [5.41, 5.74) is 0.880. The van der Waals surface area contributed by atoms with Gasteiger partial charge in [-0.1, -0.05) is 36.8 Å². The van der Waals surface area contributed by atoms with Crippen LogP contribution in [0.3, 0.4) is 0 Å². The normalized spacial score (nSPS) is 13.8. The number of carbonyl (C=O) groups excluding carboxylic acids is 1. The molecule has 0 unspecified atom stereocenters. The SMILES string of the molecule is O=C(Cn1nc2n(c1=O)CCCCC2)Nc1ccnn1Cc1ccccc1. The first-order valence-electron chi connectivity index (χ1n) is 9.23. The first-order chi connectivity index (χ1) is 13.2. The predicted molar refractivity (Wildman–Crippen MR) is 100 cm³/mol. The molecule has 8 heteroatoms. The molecule has 4 rings (SSSR count). The van der Waals surface area contributed by atoms with E-state index >= 15 is 0 Å². The van der Waals surface area contributed by atoms with Crippen LogP contribution >= 0.6 is 0 Å². The van der Waals surface area contributed by atoms with Crippen molar-refractivity contribution in [1.82, 2.24) is 24.1 Å². The average Bonchev–Trinajstić information content (AvgIpc) is 3.11. The van der Waals surface area contributed by atoms with Crippen LogP contribution in [-0.4, -0.2) is 30.0 Å². The number of anilines is 1. The van der Waals surface area contributed by atoms with Gasteiger partial charge >= 0.3 is 5.69 Å². The van der Waals surface area contributed by atoms with Gasteiger partial charge in [0.15, 0.2) is 0 Å². The van der Waals surface area contributed by atoms with Crippen molar-refractivity contribution in [2.75, 3.05) is 5.32 Å². The molecule has 3 aromatic rings. The number of fused-ring (bicyclic) bond motifs is 1. The molecule has 0 aliphatic carbocycles. The number of rotatable bonds is 5. The van der Waals surface area contributed by atoms with E-state index in [1.54, 1.807) is 21.5 Å². The van der Waals surface area contributed by atoms with E-state index in [9.17, 15) is 9.59 Å². The standard InChI is InChI=1S/C19H22N6O2/c26-18(14-25-19(27)23-12-6-2-5-9-17(23)22-25)21-16-10-11-20-24(16)13-15-7-3-1-4-8-15/h1,3-4,7-8,10-11H,2,5-6,9,12-14H2,(H,21,26). The summed E-state index contributed by atoms with van der Waals surface area (Å²) in [6.07, 6.45) is 5.54. The molecule has 2 aromatic heterocycles. The second-order valence-corrected chi connectivity index (χ2v) is 6.73. The highest BCUT2D eigenvalue weighted by molar-refractivity contribution is 5.89. The van der Waals surface area contributed by atoms with Crippen molar-refractivity contribution in [3.05, 3.63) is 64.5 Å². The summed E-state index contributed by atoms with van der Waals surface area (Å²) in [5.74, 6) is 1.08. The van der Waals surface area contributed by atoms with Crippen LogP contribution in [0.25, 0.3) is 0 Å². The minimum absolute atomic E-state index is 0.102. The fraction of sp³-hybridized carbons (Fsp3) is 0.368. The molecule has 1 N–H and O–H groups in total. The monoisotopic (exact) mass is 366 g/mol. The highest BCUT2D eigenvalue weighted by atomic mass is 16.2. The van der Waals surface area contributed by atoms with Gasteiger partial charge in [-0.25, -0.2) is 14.2 Å². The molecule has 1 amide bonds. The Hall–Kier alpha value is -3.16. The summed E-state index contributed by atoms with van der Waals surface area (Å²) in [6.45, 7) is 1.14. The highest BCUT2D eigenvalue weighted by Gasteiger charge is 2.17. The number of carbonyl (C=O) groups is 1. The van der Waals surface area contributed by atoms with Crippen LogP contribution in [0, 0.1) is 0 Å². The molecule has 8 nitrogen and oxygen atoms in total. The molecule has 0 bridgehead atoms. The molecule has 1 aromatic carbocycles. The summed E-state index contributed by atoms with van der Waals surface area (Å²) >= 11 is 0. The number of hydrogen-bond donors (Lipinski definition) is 1. The van der Waals surface area contributed by atoms with Crippen molar-refractivity contribution in [2.45, 2.75) is 45.3 Å². The Morgan fingerprint density at radius 3 is 2.78 bits per heavy atom. The van der Waals surface area contributed by atoms with Gasteiger partial charge in [0.1, 0.15) is 18.2 Å². The van der Waals surface area contributed by atoms with Gasteiger partial charge < -0.3 is 5.32 Å². The number of hydrogen-bond acceptors (Lipinski definition) is 4. The molecule has 0 saturated heterocycles. The van der Waals surface area contributed by atoms with Gasteiger partial charge in [-0.15, -0.1) is 0 Å². The van der Waals surface area contributed by atoms with E-state index in [4.69, 9.17) is 0 Å². The van der Waals surface area contributed by atoms with E-state index < -0.39 is 0 Å². The van der Waals surface area contributed by atoms with E-state index in [-0.39, 0.29) is 18.1 Å². The molecule has 0 fully saturated rings. The number of aryl methyl sites for hydroxylation is 1. The van der Waals surface area contributed by atoms with E-state index in [1.165, 1.54) is 4.68 Å². The van der Waals surface area contributed by atoms with Gasteiger partial charge in [0, 0.05) is 19.0 Å². The lowest BCUT2D eigenvalue weighted by Gasteiger charge is -2.09. The second kappa shape index (κ2) is 7.61. The van der Waals surface area contributed by atoms with Gasteiger partial charge in [-0.2, -0.15) is 10.2 Å². The van der Waals surface area contributed by atoms with Gasteiger partial charge in [-0.05, 0) is 18.4 Å². The number of aromatic nitrogens is 5. The van der Waals surface area contributed by atoms with E-state index in [2.05, 4.69) is 15.5 Å². The molecule has 0 atom stereocenters. The topological polar surface area (TPSA) is 86.7 Å². The van der Waals surface area contributed by atoms with Gasteiger partial charge in [0.25, 0.3) is 0 Å². The zero-order chi connectivity index (χ0) is 18.6. The van der Waals surface area contributed by atoms with Gasteiger partial charge in [0.2, 0.25) is 5.91 Å². The molecule has 1 aliphatic heterocycles. The molecule has 0 spiro atoms. The molecular weight excluding hydrogens is 344 g/mol. The van der Waals surface area contributed by atoms with Crippen molar-refractivity contribution in [3.8, 4) is 0 Å². The summed E-state index contributed by atoms with van der Waals surface area (Å²) < 4.78 is 4.67. The summed E-state index contributed by atoms with van der Waals surface area (Å²) in [5, 5.41) is 11.5. The van der Waals surface area contributed by atoms with E-state index in [1.807, 2.05) is 30.3 Å². The van der Waals surface area contributed by atoms with Crippen LogP contribution < -0.4 is 11.0 Å². The van der Waals surface area contributed by atoms with Crippen LogP contribution in [0.15, 0.2) is 47.4 Å². The Bertz CT molecular complexity index is 985. The number of benzene rings is 1. The number of nitrogens with one attached hydrogen (secondary N) is 1. The molecule has 27 heavy (non-hydrogen) atoms. The van der Waals surface area contributed by atoms with Crippen molar-refractivity contribution in [3.63, 3.8) is 0 Å². The average molecular weight is 366 g/mol. The third-order valence-electron chi connectivity index (χ3n) is 4.73. The fourth-order valence-electron chi connectivity index (χ4n) is 3.37. The summed E-state index contributed by atoms with van der Waals surface area (Å²) in [4.78, 5) is 24.9. The maximum Gasteiger partial charge on any atom is 0.346 e. The first-order valence-corrected chi connectivity index (χ1v) is 9.23. The van der Waals surface area contributed by atoms with Crippen LogP contribution in [0.2, 0.25) is 0 Å². The number of amides is 1. The van der Waals surface area contributed by atoms with Crippen LogP contribution in [0.1, 0.15) is 30.7 Å². The minimum atomic E-state index is -0.292. The van der Waals surface area contributed by atoms with Crippen LogP contribution in [0.4, 0.5) is 5.82 Å². The van der Waals surface area contributed by atoms with Crippen LogP contribution in [-0.2, 0) is 30.8 Å². The Labute approximate surface area is 156 Å². The fourth-order valence-corrected chi connectivity index (χ4v) is 3.37. The van der Waals surface area contributed by atoms with Crippen molar-refractivity contribution < 1.29 is 4.79 Å². The maximum absolute atomic E-state index is 12.5.